The molecule has 0 spiro atoms. The molecule has 1 aliphatic rings. The lowest BCUT2D eigenvalue weighted by molar-refractivity contribution is -0.0494. The Morgan fingerprint density at radius 1 is 1.33 bits per heavy atom. The predicted octanol–water partition coefficient (Wildman–Crippen LogP) is 3.88. The molecule has 21 heavy (non-hydrogen) atoms. The van der Waals surface area contributed by atoms with Crippen LogP contribution in [-0.4, -0.2) is 24.7 Å². The molecule has 112 valence electrons. The van der Waals surface area contributed by atoms with E-state index in [0.717, 1.165) is 30.9 Å². The standard InChI is InChI=1S/C15H16F2N2OS/c16-15(17)20-13-6-2-1-5-11(13)12-9-21-14(19-12)10-4-3-7-18-8-10/h1-2,5-6,9-10,15,18H,3-4,7-8H2. The van der Waals surface area contributed by atoms with Crippen molar-refractivity contribution in [2.24, 2.45) is 0 Å². The summed E-state index contributed by atoms with van der Waals surface area (Å²) < 4.78 is 29.5. The fourth-order valence-electron chi connectivity index (χ4n) is 2.54. The summed E-state index contributed by atoms with van der Waals surface area (Å²) in [4.78, 5) is 4.63. The first-order valence-electron chi connectivity index (χ1n) is 6.94. The number of piperidine rings is 1. The van der Waals surface area contributed by atoms with Gasteiger partial charge >= 0.3 is 6.61 Å². The van der Waals surface area contributed by atoms with E-state index in [1.807, 2.05) is 5.38 Å². The number of para-hydroxylation sites is 1. The monoisotopic (exact) mass is 310 g/mol. The maximum atomic E-state index is 12.5. The topological polar surface area (TPSA) is 34.1 Å². The SMILES string of the molecule is FC(F)Oc1ccccc1-c1csc(C2CCCNC2)n1. The van der Waals surface area contributed by atoms with E-state index in [-0.39, 0.29) is 5.75 Å². The molecule has 3 rings (SSSR count). The Kier molecular flexibility index (Phi) is 4.45. The Morgan fingerprint density at radius 3 is 2.95 bits per heavy atom. The van der Waals surface area contributed by atoms with Gasteiger partial charge < -0.3 is 10.1 Å². The normalized spacial score (nSPS) is 18.9. The second-order valence-electron chi connectivity index (χ2n) is 4.99. The maximum Gasteiger partial charge on any atom is 0.387 e. The van der Waals surface area contributed by atoms with E-state index in [1.165, 1.54) is 0 Å². The van der Waals surface area contributed by atoms with Crippen LogP contribution in [0.1, 0.15) is 23.8 Å². The van der Waals surface area contributed by atoms with E-state index in [2.05, 4.69) is 15.0 Å². The van der Waals surface area contributed by atoms with Crippen LogP contribution < -0.4 is 10.1 Å². The number of rotatable bonds is 4. The highest BCUT2D eigenvalue weighted by Gasteiger charge is 2.20. The fourth-order valence-corrected chi connectivity index (χ4v) is 3.50. The van der Waals surface area contributed by atoms with Gasteiger partial charge in [0.1, 0.15) is 5.75 Å². The number of thiazole rings is 1. The van der Waals surface area contributed by atoms with Crippen molar-refractivity contribution in [1.82, 2.24) is 10.3 Å². The van der Waals surface area contributed by atoms with Gasteiger partial charge in [-0.1, -0.05) is 12.1 Å². The van der Waals surface area contributed by atoms with Crippen molar-refractivity contribution in [3.8, 4) is 17.0 Å². The van der Waals surface area contributed by atoms with Crippen molar-refractivity contribution in [2.45, 2.75) is 25.4 Å². The number of alkyl halides is 2. The van der Waals surface area contributed by atoms with Crippen molar-refractivity contribution in [2.75, 3.05) is 13.1 Å². The lowest BCUT2D eigenvalue weighted by atomic mass is 10.0. The number of aromatic nitrogens is 1. The first-order chi connectivity index (χ1) is 10.2. The van der Waals surface area contributed by atoms with Gasteiger partial charge in [0.25, 0.3) is 0 Å². The van der Waals surface area contributed by atoms with Crippen molar-refractivity contribution in [1.29, 1.82) is 0 Å². The molecule has 0 amide bonds. The lowest BCUT2D eigenvalue weighted by Crippen LogP contribution is -2.28. The zero-order valence-corrected chi connectivity index (χ0v) is 12.2. The second-order valence-corrected chi connectivity index (χ2v) is 5.88. The van der Waals surface area contributed by atoms with Crippen molar-refractivity contribution in [3.63, 3.8) is 0 Å². The zero-order chi connectivity index (χ0) is 14.7. The number of benzene rings is 1. The summed E-state index contributed by atoms with van der Waals surface area (Å²) in [5, 5.41) is 6.34. The highest BCUT2D eigenvalue weighted by Crippen LogP contribution is 2.34. The molecule has 0 bridgehead atoms. The van der Waals surface area contributed by atoms with Crippen LogP contribution in [0.2, 0.25) is 0 Å². The van der Waals surface area contributed by atoms with Gasteiger partial charge in [0, 0.05) is 23.4 Å². The molecule has 1 aromatic heterocycles. The van der Waals surface area contributed by atoms with Crippen molar-refractivity contribution >= 4 is 11.3 Å². The van der Waals surface area contributed by atoms with E-state index < -0.39 is 6.61 Å². The van der Waals surface area contributed by atoms with Gasteiger partial charge in [-0.15, -0.1) is 11.3 Å². The van der Waals surface area contributed by atoms with Crippen LogP contribution in [0.25, 0.3) is 11.3 Å². The Balaban J connectivity index is 1.85. The Bertz CT molecular complexity index is 597. The molecule has 1 aliphatic heterocycles. The molecule has 1 fully saturated rings. The quantitative estimate of drug-likeness (QED) is 0.930. The number of nitrogens with zero attached hydrogens (tertiary/aromatic N) is 1. The third kappa shape index (κ3) is 3.39. The summed E-state index contributed by atoms with van der Waals surface area (Å²) in [7, 11) is 0. The van der Waals surface area contributed by atoms with Crippen molar-refractivity contribution in [3.05, 3.63) is 34.7 Å². The molecule has 1 aromatic carbocycles. The highest BCUT2D eigenvalue weighted by atomic mass is 32.1. The number of nitrogens with one attached hydrogen (secondary N) is 1. The van der Waals surface area contributed by atoms with Gasteiger partial charge in [0.15, 0.2) is 0 Å². The van der Waals surface area contributed by atoms with Gasteiger partial charge in [-0.3, -0.25) is 0 Å². The summed E-state index contributed by atoms with van der Waals surface area (Å²) in [6.07, 6.45) is 2.26. The molecule has 0 radical (unpaired) electrons. The van der Waals surface area contributed by atoms with Gasteiger partial charge in [-0.2, -0.15) is 8.78 Å². The third-order valence-electron chi connectivity index (χ3n) is 3.55. The van der Waals surface area contributed by atoms with Crippen LogP contribution in [0.5, 0.6) is 5.75 Å². The van der Waals surface area contributed by atoms with Crippen LogP contribution in [0, 0.1) is 0 Å². The average Bonchev–Trinajstić information content (AvgIpc) is 2.98. The molecule has 2 heterocycles. The molecule has 0 saturated carbocycles. The minimum Gasteiger partial charge on any atom is -0.434 e. The van der Waals surface area contributed by atoms with E-state index in [4.69, 9.17) is 0 Å². The molecule has 2 aromatic rings. The van der Waals surface area contributed by atoms with Gasteiger partial charge in [0.05, 0.1) is 10.7 Å². The first-order valence-corrected chi connectivity index (χ1v) is 7.82. The summed E-state index contributed by atoms with van der Waals surface area (Å²) in [5.74, 6) is 0.590. The number of ether oxygens (including phenoxy) is 1. The Hall–Kier alpha value is -1.53. The predicted molar refractivity (Wildman–Crippen MR) is 79.0 cm³/mol. The van der Waals surface area contributed by atoms with E-state index in [9.17, 15) is 8.78 Å². The number of hydrogen-bond donors (Lipinski definition) is 1. The summed E-state index contributed by atoms with van der Waals surface area (Å²) in [6.45, 7) is -0.839. The number of halogens is 2. The van der Waals surface area contributed by atoms with Crippen LogP contribution in [0.15, 0.2) is 29.6 Å². The molecule has 1 atom stereocenters. The van der Waals surface area contributed by atoms with Gasteiger partial charge in [-0.05, 0) is 31.5 Å². The molecule has 0 aliphatic carbocycles. The van der Waals surface area contributed by atoms with Crippen LogP contribution in [0.4, 0.5) is 8.78 Å². The molecule has 1 unspecified atom stereocenters. The molecular weight excluding hydrogens is 294 g/mol. The van der Waals surface area contributed by atoms with Crippen molar-refractivity contribution < 1.29 is 13.5 Å². The smallest absolute Gasteiger partial charge is 0.387 e. The summed E-state index contributed by atoms with van der Waals surface area (Å²) >= 11 is 1.58. The Morgan fingerprint density at radius 2 is 2.19 bits per heavy atom. The fraction of sp³-hybridized carbons (Fsp3) is 0.400. The Labute approximate surface area is 126 Å². The minimum absolute atomic E-state index is 0.172. The molecule has 1 saturated heterocycles. The maximum absolute atomic E-state index is 12.5. The first kappa shape index (κ1) is 14.4. The largest absolute Gasteiger partial charge is 0.434 e. The second kappa shape index (κ2) is 6.49. The zero-order valence-electron chi connectivity index (χ0n) is 11.4. The van der Waals surface area contributed by atoms with Crippen LogP contribution in [0.3, 0.4) is 0 Å². The van der Waals surface area contributed by atoms with Gasteiger partial charge in [-0.25, -0.2) is 4.98 Å². The van der Waals surface area contributed by atoms with E-state index in [1.54, 1.807) is 35.6 Å². The lowest BCUT2D eigenvalue weighted by Gasteiger charge is -2.20. The molecule has 6 heteroatoms. The summed E-state index contributed by atoms with van der Waals surface area (Å²) in [6, 6.07) is 6.78. The van der Waals surface area contributed by atoms with Gasteiger partial charge in [0.2, 0.25) is 0 Å². The van der Waals surface area contributed by atoms with E-state index in [0.29, 0.717) is 17.2 Å². The summed E-state index contributed by atoms with van der Waals surface area (Å²) in [5.41, 5.74) is 1.32. The third-order valence-corrected chi connectivity index (χ3v) is 4.55. The molecular formula is C15H16F2N2OS. The minimum atomic E-state index is -2.83. The number of hydrogen-bond acceptors (Lipinski definition) is 4. The average molecular weight is 310 g/mol. The molecule has 1 N–H and O–H groups in total. The highest BCUT2D eigenvalue weighted by molar-refractivity contribution is 7.10. The molecule has 3 nitrogen and oxygen atoms in total. The van der Waals surface area contributed by atoms with E-state index >= 15 is 0 Å². The van der Waals surface area contributed by atoms with Crippen LogP contribution >= 0.6 is 11.3 Å². The van der Waals surface area contributed by atoms with Crippen LogP contribution in [-0.2, 0) is 0 Å².